The molecule has 0 aromatic carbocycles. The molecular formula is C9H12N4. The quantitative estimate of drug-likeness (QED) is 0.638. The normalized spacial score (nSPS) is 21.0. The van der Waals surface area contributed by atoms with Crippen LogP contribution in [0.1, 0.15) is 18.9 Å². The van der Waals surface area contributed by atoms with Crippen LogP contribution in [0.15, 0.2) is 6.20 Å². The van der Waals surface area contributed by atoms with E-state index >= 15 is 0 Å². The molecule has 1 fully saturated rings. The average Bonchev–Trinajstić information content (AvgIpc) is 2.44. The van der Waals surface area contributed by atoms with Crippen molar-refractivity contribution in [3.8, 4) is 6.07 Å². The van der Waals surface area contributed by atoms with E-state index in [9.17, 15) is 0 Å². The second kappa shape index (κ2) is 2.77. The molecule has 0 spiro atoms. The first-order valence-electron chi connectivity index (χ1n) is 4.42. The third-order valence-electron chi connectivity index (χ3n) is 2.52. The molecule has 0 amide bonds. The first-order chi connectivity index (χ1) is 6.22. The number of nitrogens with zero attached hydrogens (tertiary/aromatic N) is 4. The van der Waals surface area contributed by atoms with Crippen LogP contribution in [0.3, 0.4) is 0 Å². The molecule has 4 heteroatoms. The van der Waals surface area contributed by atoms with Gasteiger partial charge in [-0.15, -0.1) is 0 Å². The van der Waals surface area contributed by atoms with Gasteiger partial charge in [0.25, 0.3) is 0 Å². The zero-order valence-corrected chi connectivity index (χ0v) is 7.86. The number of nitriles is 1. The molecule has 1 aromatic heterocycles. The molecule has 2 rings (SSSR count). The number of hydrogen-bond donors (Lipinski definition) is 0. The third kappa shape index (κ3) is 1.17. The van der Waals surface area contributed by atoms with Crippen LogP contribution < -0.4 is 4.90 Å². The Hall–Kier alpha value is -1.50. The van der Waals surface area contributed by atoms with Crippen molar-refractivity contribution in [2.75, 3.05) is 11.4 Å². The number of anilines is 1. The fourth-order valence-corrected chi connectivity index (χ4v) is 1.60. The highest BCUT2D eigenvalue weighted by Gasteiger charge is 2.27. The van der Waals surface area contributed by atoms with Gasteiger partial charge in [0, 0.05) is 25.8 Å². The van der Waals surface area contributed by atoms with E-state index in [1.807, 2.05) is 7.05 Å². The summed E-state index contributed by atoms with van der Waals surface area (Å²) in [6.07, 6.45) is 2.96. The van der Waals surface area contributed by atoms with Crippen molar-refractivity contribution >= 4 is 5.82 Å². The smallest absolute Gasteiger partial charge is 0.168 e. The summed E-state index contributed by atoms with van der Waals surface area (Å²) in [6.45, 7) is 3.17. The van der Waals surface area contributed by atoms with Crippen molar-refractivity contribution in [2.45, 2.75) is 19.4 Å². The Balaban J connectivity index is 2.34. The maximum atomic E-state index is 8.86. The largest absolute Gasteiger partial charge is 0.351 e. The molecule has 0 radical (unpaired) electrons. The fourth-order valence-electron chi connectivity index (χ4n) is 1.60. The molecule has 1 unspecified atom stereocenters. The summed E-state index contributed by atoms with van der Waals surface area (Å²) in [6, 6.07) is 2.69. The Labute approximate surface area is 77.4 Å². The van der Waals surface area contributed by atoms with Crippen LogP contribution >= 0.6 is 0 Å². The summed E-state index contributed by atoms with van der Waals surface area (Å²) in [5.41, 5.74) is 0.675. The zero-order chi connectivity index (χ0) is 9.42. The molecule has 1 aliphatic rings. The Bertz CT molecular complexity index is 360. The van der Waals surface area contributed by atoms with E-state index in [-0.39, 0.29) is 0 Å². The Kier molecular flexibility index (Phi) is 1.73. The van der Waals surface area contributed by atoms with E-state index in [2.05, 4.69) is 23.0 Å². The van der Waals surface area contributed by atoms with Crippen molar-refractivity contribution < 1.29 is 0 Å². The Morgan fingerprint density at radius 2 is 2.46 bits per heavy atom. The van der Waals surface area contributed by atoms with E-state index in [0.29, 0.717) is 11.6 Å². The maximum Gasteiger partial charge on any atom is 0.168 e. The van der Waals surface area contributed by atoms with E-state index < -0.39 is 0 Å². The minimum Gasteiger partial charge on any atom is -0.351 e. The maximum absolute atomic E-state index is 8.86. The van der Waals surface area contributed by atoms with Gasteiger partial charge in [-0.1, -0.05) is 0 Å². The molecule has 0 N–H and O–H groups in total. The average molecular weight is 176 g/mol. The van der Waals surface area contributed by atoms with Crippen LogP contribution in [0.2, 0.25) is 0 Å². The van der Waals surface area contributed by atoms with E-state index in [1.165, 1.54) is 6.42 Å². The van der Waals surface area contributed by atoms with Crippen LogP contribution in [-0.4, -0.2) is 22.4 Å². The van der Waals surface area contributed by atoms with Crippen LogP contribution in [0.25, 0.3) is 0 Å². The minimum atomic E-state index is 0.530. The van der Waals surface area contributed by atoms with Crippen molar-refractivity contribution in [1.82, 2.24) is 9.78 Å². The highest BCUT2D eigenvalue weighted by molar-refractivity contribution is 5.55. The molecule has 1 aromatic rings. The highest BCUT2D eigenvalue weighted by atomic mass is 15.4. The van der Waals surface area contributed by atoms with Crippen molar-refractivity contribution in [3.05, 3.63) is 11.8 Å². The van der Waals surface area contributed by atoms with Gasteiger partial charge in [0.2, 0.25) is 0 Å². The van der Waals surface area contributed by atoms with Gasteiger partial charge in [0.1, 0.15) is 11.6 Å². The van der Waals surface area contributed by atoms with Crippen molar-refractivity contribution in [2.24, 2.45) is 7.05 Å². The fraction of sp³-hybridized carbons (Fsp3) is 0.556. The number of aryl methyl sites for hydroxylation is 1. The monoisotopic (exact) mass is 176 g/mol. The van der Waals surface area contributed by atoms with Gasteiger partial charge in [-0.25, -0.2) is 0 Å². The lowest BCUT2D eigenvalue weighted by Gasteiger charge is -2.39. The number of rotatable bonds is 1. The number of hydrogen-bond acceptors (Lipinski definition) is 3. The van der Waals surface area contributed by atoms with Gasteiger partial charge in [-0.05, 0) is 13.3 Å². The standard InChI is InChI=1S/C9H12N4/c1-7-3-4-13(7)9-8(5-10)6-12(2)11-9/h6-7H,3-4H2,1-2H3. The summed E-state index contributed by atoms with van der Waals surface area (Å²) in [5, 5.41) is 13.1. The highest BCUT2D eigenvalue weighted by Crippen LogP contribution is 2.26. The number of aromatic nitrogens is 2. The SMILES string of the molecule is CC1CCN1c1nn(C)cc1C#N. The molecule has 0 bridgehead atoms. The predicted molar refractivity (Wildman–Crippen MR) is 49.3 cm³/mol. The lowest BCUT2D eigenvalue weighted by Crippen LogP contribution is -2.46. The lowest BCUT2D eigenvalue weighted by molar-refractivity contribution is 0.473. The van der Waals surface area contributed by atoms with Gasteiger partial charge in [-0.3, -0.25) is 4.68 Å². The molecule has 2 heterocycles. The molecule has 1 saturated heterocycles. The molecule has 0 aliphatic carbocycles. The van der Waals surface area contributed by atoms with Crippen LogP contribution in [0.4, 0.5) is 5.82 Å². The molecule has 1 aliphatic heterocycles. The van der Waals surface area contributed by atoms with E-state index in [0.717, 1.165) is 12.4 Å². The molecule has 1 atom stereocenters. The third-order valence-corrected chi connectivity index (χ3v) is 2.52. The second-order valence-electron chi connectivity index (χ2n) is 3.48. The molecule has 68 valence electrons. The Morgan fingerprint density at radius 1 is 1.69 bits per heavy atom. The molecule has 0 saturated carbocycles. The summed E-state index contributed by atoms with van der Waals surface area (Å²) >= 11 is 0. The predicted octanol–water partition coefficient (Wildman–Crippen LogP) is 0.890. The zero-order valence-electron chi connectivity index (χ0n) is 7.86. The van der Waals surface area contributed by atoms with Gasteiger partial charge in [0.05, 0.1) is 0 Å². The first-order valence-corrected chi connectivity index (χ1v) is 4.42. The van der Waals surface area contributed by atoms with Gasteiger partial charge in [0.15, 0.2) is 5.82 Å². The first kappa shape index (κ1) is 8.11. The van der Waals surface area contributed by atoms with Gasteiger partial charge in [-0.2, -0.15) is 10.4 Å². The second-order valence-corrected chi connectivity index (χ2v) is 3.48. The summed E-state index contributed by atoms with van der Waals surface area (Å²) in [4.78, 5) is 2.17. The van der Waals surface area contributed by atoms with Crippen LogP contribution in [-0.2, 0) is 7.05 Å². The molecule has 4 nitrogen and oxygen atoms in total. The minimum absolute atomic E-state index is 0.530. The lowest BCUT2D eigenvalue weighted by atomic mass is 10.1. The van der Waals surface area contributed by atoms with Crippen molar-refractivity contribution in [1.29, 1.82) is 5.26 Å². The van der Waals surface area contributed by atoms with Crippen molar-refractivity contribution in [3.63, 3.8) is 0 Å². The van der Waals surface area contributed by atoms with Crippen LogP contribution in [0, 0.1) is 11.3 Å². The summed E-state index contributed by atoms with van der Waals surface area (Å²) < 4.78 is 1.69. The summed E-state index contributed by atoms with van der Waals surface area (Å²) in [7, 11) is 1.84. The summed E-state index contributed by atoms with van der Waals surface area (Å²) in [5.74, 6) is 0.837. The molecular weight excluding hydrogens is 164 g/mol. The molecule has 13 heavy (non-hydrogen) atoms. The van der Waals surface area contributed by atoms with E-state index in [4.69, 9.17) is 5.26 Å². The van der Waals surface area contributed by atoms with E-state index in [1.54, 1.807) is 10.9 Å². The van der Waals surface area contributed by atoms with Crippen LogP contribution in [0.5, 0.6) is 0 Å². The van der Waals surface area contributed by atoms with Gasteiger partial charge >= 0.3 is 0 Å². The van der Waals surface area contributed by atoms with Gasteiger partial charge < -0.3 is 4.90 Å². The Morgan fingerprint density at radius 3 is 2.92 bits per heavy atom. The topological polar surface area (TPSA) is 44.9 Å².